The Morgan fingerprint density at radius 1 is 1.30 bits per heavy atom. The Labute approximate surface area is 60.5 Å². The highest BCUT2D eigenvalue weighted by atomic mass is 32.2. The Kier molecular flexibility index (Phi) is 3.80. The van der Waals surface area contributed by atoms with Gasteiger partial charge in [-0.2, -0.15) is 0 Å². The average molecular weight is 167 g/mol. The van der Waals surface area contributed by atoms with E-state index in [9.17, 15) is 8.42 Å². The summed E-state index contributed by atoms with van der Waals surface area (Å²) in [5, 5.41) is -0.962. The van der Waals surface area contributed by atoms with E-state index in [1.807, 2.05) is 0 Å². The second kappa shape index (κ2) is 3.87. The zero-order valence-corrected chi connectivity index (χ0v) is 6.47. The van der Waals surface area contributed by atoms with Crippen LogP contribution in [0.25, 0.3) is 0 Å². The Hall–Kier alpha value is -0.170. The van der Waals surface area contributed by atoms with Crippen LogP contribution in [0.4, 0.5) is 0 Å². The molecule has 1 atom stereocenters. The first kappa shape index (κ1) is 9.83. The van der Waals surface area contributed by atoms with Gasteiger partial charge in [-0.1, -0.05) is 0 Å². The standard InChI is InChI=1S/C4H13N3O2S/c5-1-2-10(8,9)4(7)3-6/h4H,1-3,5-7H2. The molecule has 0 amide bonds. The lowest BCUT2D eigenvalue weighted by atomic mass is 10.7. The van der Waals surface area contributed by atoms with Crippen molar-refractivity contribution in [1.29, 1.82) is 0 Å². The van der Waals surface area contributed by atoms with Crippen LogP contribution in [0, 0.1) is 0 Å². The maximum Gasteiger partial charge on any atom is 0.168 e. The van der Waals surface area contributed by atoms with Crippen molar-refractivity contribution in [1.82, 2.24) is 0 Å². The molecule has 0 aromatic carbocycles. The molecular formula is C4H13N3O2S. The molecule has 62 valence electrons. The number of nitrogens with two attached hydrogens (primary N) is 3. The molecule has 0 aliphatic rings. The van der Waals surface area contributed by atoms with Crippen molar-refractivity contribution in [3.8, 4) is 0 Å². The Balaban J connectivity index is 4.12. The van der Waals surface area contributed by atoms with Crippen molar-refractivity contribution in [3.63, 3.8) is 0 Å². The van der Waals surface area contributed by atoms with Crippen LogP contribution in [-0.2, 0) is 9.84 Å². The van der Waals surface area contributed by atoms with Gasteiger partial charge in [-0.25, -0.2) is 8.42 Å². The second-order valence-corrected chi connectivity index (χ2v) is 4.27. The third-order valence-electron chi connectivity index (χ3n) is 1.10. The Morgan fingerprint density at radius 2 is 1.80 bits per heavy atom. The molecule has 0 heterocycles. The van der Waals surface area contributed by atoms with Crippen LogP contribution in [0.15, 0.2) is 0 Å². The third kappa shape index (κ3) is 2.61. The fourth-order valence-electron chi connectivity index (χ4n) is 0.462. The minimum atomic E-state index is -3.23. The molecule has 0 aliphatic carbocycles. The molecule has 6 heteroatoms. The second-order valence-electron chi connectivity index (χ2n) is 1.93. The van der Waals surface area contributed by atoms with Crippen LogP contribution >= 0.6 is 0 Å². The number of hydrogen-bond acceptors (Lipinski definition) is 5. The lowest BCUT2D eigenvalue weighted by Gasteiger charge is -2.08. The van der Waals surface area contributed by atoms with Crippen molar-refractivity contribution >= 4 is 9.84 Å². The SMILES string of the molecule is NCCS(=O)(=O)C(N)CN. The van der Waals surface area contributed by atoms with Crippen molar-refractivity contribution < 1.29 is 8.42 Å². The van der Waals surface area contributed by atoms with Crippen LogP contribution in [0.5, 0.6) is 0 Å². The minimum Gasteiger partial charge on any atom is -0.329 e. The van der Waals surface area contributed by atoms with Crippen LogP contribution < -0.4 is 17.2 Å². The summed E-state index contributed by atoms with van der Waals surface area (Å²) in [5.74, 6) is -0.0919. The summed E-state index contributed by atoms with van der Waals surface area (Å²) in [6.45, 7) is 0.0400. The third-order valence-corrected chi connectivity index (χ3v) is 3.02. The predicted octanol–water partition coefficient (Wildman–Crippen LogP) is -2.40. The molecule has 6 N–H and O–H groups in total. The van der Waals surface area contributed by atoms with Gasteiger partial charge in [-0.3, -0.25) is 0 Å². The van der Waals surface area contributed by atoms with E-state index in [0.717, 1.165) is 0 Å². The lowest BCUT2D eigenvalue weighted by Crippen LogP contribution is -2.40. The summed E-state index contributed by atoms with van der Waals surface area (Å²) in [6, 6.07) is 0. The molecule has 10 heavy (non-hydrogen) atoms. The fourth-order valence-corrected chi connectivity index (χ4v) is 1.39. The van der Waals surface area contributed by atoms with Gasteiger partial charge >= 0.3 is 0 Å². The van der Waals surface area contributed by atoms with Crippen LogP contribution in [-0.4, -0.2) is 32.6 Å². The van der Waals surface area contributed by atoms with Gasteiger partial charge in [0.1, 0.15) is 5.37 Å². The smallest absolute Gasteiger partial charge is 0.168 e. The van der Waals surface area contributed by atoms with Gasteiger partial charge in [0.15, 0.2) is 9.84 Å². The van der Waals surface area contributed by atoms with Crippen LogP contribution in [0.2, 0.25) is 0 Å². The van der Waals surface area contributed by atoms with E-state index < -0.39 is 15.2 Å². The minimum absolute atomic E-state index is 0.0532. The molecule has 0 radical (unpaired) electrons. The Bertz CT molecular complexity index is 177. The predicted molar refractivity (Wildman–Crippen MR) is 39.9 cm³/mol. The highest BCUT2D eigenvalue weighted by Crippen LogP contribution is 1.92. The molecule has 0 aliphatic heterocycles. The van der Waals surface area contributed by atoms with Gasteiger partial charge in [0.05, 0.1) is 5.75 Å². The Morgan fingerprint density at radius 3 is 2.10 bits per heavy atom. The summed E-state index contributed by atoms with van der Waals surface area (Å²) >= 11 is 0. The summed E-state index contributed by atoms with van der Waals surface area (Å²) in [7, 11) is -3.23. The first-order chi connectivity index (χ1) is 4.54. The van der Waals surface area contributed by atoms with E-state index in [-0.39, 0.29) is 18.8 Å². The van der Waals surface area contributed by atoms with E-state index >= 15 is 0 Å². The summed E-state index contributed by atoms with van der Waals surface area (Å²) < 4.78 is 21.8. The van der Waals surface area contributed by atoms with Crippen molar-refractivity contribution in [2.24, 2.45) is 17.2 Å². The van der Waals surface area contributed by atoms with Crippen molar-refractivity contribution in [2.75, 3.05) is 18.8 Å². The molecule has 0 spiro atoms. The molecule has 0 aromatic heterocycles. The fraction of sp³-hybridized carbons (Fsp3) is 1.00. The highest BCUT2D eigenvalue weighted by Gasteiger charge is 2.17. The lowest BCUT2D eigenvalue weighted by molar-refractivity contribution is 0.581. The summed E-state index contributed by atoms with van der Waals surface area (Å²) in [5.41, 5.74) is 15.2. The maximum atomic E-state index is 10.9. The number of hydrogen-bond donors (Lipinski definition) is 3. The topological polar surface area (TPSA) is 112 Å². The molecule has 0 fully saturated rings. The zero-order chi connectivity index (χ0) is 8.20. The molecule has 0 bridgehead atoms. The monoisotopic (exact) mass is 167 g/mol. The van der Waals surface area contributed by atoms with Gasteiger partial charge in [0, 0.05) is 13.1 Å². The number of sulfone groups is 1. The molecule has 1 unspecified atom stereocenters. The van der Waals surface area contributed by atoms with E-state index in [2.05, 4.69) is 0 Å². The van der Waals surface area contributed by atoms with Crippen molar-refractivity contribution in [3.05, 3.63) is 0 Å². The molecular weight excluding hydrogens is 154 g/mol. The largest absolute Gasteiger partial charge is 0.329 e. The van der Waals surface area contributed by atoms with Gasteiger partial charge in [0.25, 0.3) is 0 Å². The zero-order valence-electron chi connectivity index (χ0n) is 5.66. The first-order valence-corrected chi connectivity index (χ1v) is 4.63. The molecule has 0 saturated heterocycles. The van der Waals surface area contributed by atoms with Gasteiger partial charge < -0.3 is 17.2 Å². The molecule has 5 nitrogen and oxygen atoms in total. The van der Waals surface area contributed by atoms with Gasteiger partial charge in [0.2, 0.25) is 0 Å². The molecule has 0 aromatic rings. The average Bonchev–Trinajstić information content (AvgIpc) is 1.86. The van der Waals surface area contributed by atoms with E-state index in [0.29, 0.717) is 0 Å². The van der Waals surface area contributed by atoms with E-state index in [1.54, 1.807) is 0 Å². The normalized spacial score (nSPS) is 15.1. The van der Waals surface area contributed by atoms with Crippen LogP contribution in [0.1, 0.15) is 0 Å². The van der Waals surface area contributed by atoms with Crippen LogP contribution in [0.3, 0.4) is 0 Å². The highest BCUT2D eigenvalue weighted by molar-refractivity contribution is 7.92. The molecule has 0 rings (SSSR count). The first-order valence-electron chi connectivity index (χ1n) is 2.92. The van der Waals surface area contributed by atoms with Gasteiger partial charge in [-0.05, 0) is 0 Å². The summed E-state index contributed by atoms with van der Waals surface area (Å²) in [6.07, 6.45) is 0. The van der Waals surface area contributed by atoms with Crippen molar-refractivity contribution in [2.45, 2.75) is 5.37 Å². The van der Waals surface area contributed by atoms with E-state index in [1.165, 1.54) is 0 Å². The molecule has 0 saturated carbocycles. The quantitative estimate of drug-likeness (QED) is 0.432. The van der Waals surface area contributed by atoms with E-state index in [4.69, 9.17) is 17.2 Å². The summed E-state index contributed by atoms with van der Waals surface area (Å²) in [4.78, 5) is 0. The maximum absolute atomic E-state index is 10.9. The number of rotatable bonds is 4. The van der Waals surface area contributed by atoms with Gasteiger partial charge in [-0.15, -0.1) is 0 Å².